The zero-order chi connectivity index (χ0) is 19.9. The van der Waals surface area contributed by atoms with Crippen molar-refractivity contribution in [1.29, 1.82) is 0 Å². The monoisotopic (exact) mass is 405 g/mol. The minimum Gasteiger partial charge on any atom is -0.337 e. The number of H-pyrrole nitrogens is 2. The van der Waals surface area contributed by atoms with Crippen molar-refractivity contribution in [2.24, 2.45) is 0 Å². The van der Waals surface area contributed by atoms with Crippen LogP contribution in [0.25, 0.3) is 11.0 Å². The molecule has 0 atom stereocenters. The Hall–Kier alpha value is -2.57. The lowest BCUT2D eigenvalue weighted by molar-refractivity contribution is 0.0785. The molecule has 6 nitrogen and oxygen atoms in total. The fraction of sp³-hybridized carbons (Fsp3) is 0.211. The first-order valence-electron chi connectivity index (χ1n) is 8.15. The minimum atomic E-state index is -0.731. The first kappa shape index (κ1) is 19.2. The molecule has 2 N–H and O–H groups in total. The van der Waals surface area contributed by atoms with Crippen LogP contribution < -0.4 is 11.1 Å². The fourth-order valence-electron chi connectivity index (χ4n) is 2.93. The predicted molar refractivity (Wildman–Crippen MR) is 107 cm³/mol. The molecule has 0 saturated carbocycles. The first-order valence-corrected chi connectivity index (χ1v) is 8.90. The van der Waals surface area contributed by atoms with Gasteiger partial charge in [0.2, 0.25) is 0 Å². The van der Waals surface area contributed by atoms with Gasteiger partial charge in [0.05, 0.1) is 21.1 Å². The van der Waals surface area contributed by atoms with Gasteiger partial charge < -0.3 is 14.9 Å². The Balaban J connectivity index is 2.04. The fourth-order valence-corrected chi connectivity index (χ4v) is 3.23. The molecule has 8 heteroatoms. The van der Waals surface area contributed by atoms with E-state index in [1.807, 2.05) is 13.8 Å². The molecule has 0 aliphatic carbocycles. The lowest BCUT2D eigenvalue weighted by Gasteiger charge is -2.21. The van der Waals surface area contributed by atoms with Crippen LogP contribution in [0.2, 0.25) is 10.0 Å². The molecule has 0 bridgehead atoms. The maximum absolute atomic E-state index is 12.8. The summed E-state index contributed by atoms with van der Waals surface area (Å²) in [5.41, 5.74) is 2.62. The molecule has 0 unspecified atom stereocenters. The summed E-state index contributed by atoms with van der Waals surface area (Å²) in [6.45, 7) is 4.05. The summed E-state index contributed by atoms with van der Waals surface area (Å²) >= 11 is 11.9. The van der Waals surface area contributed by atoms with E-state index in [-0.39, 0.29) is 12.5 Å². The van der Waals surface area contributed by atoms with E-state index >= 15 is 0 Å². The van der Waals surface area contributed by atoms with Crippen LogP contribution in [0.3, 0.4) is 0 Å². The van der Waals surface area contributed by atoms with Crippen molar-refractivity contribution in [1.82, 2.24) is 14.9 Å². The van der Waals surface area contributed by atoms with E-state index in [1.165, 1.54) is 11.0 Å². The number of halogens is 2. The van der Waals surface area contributed by atoms with Crippen molar-refractivity contribution in [2.45, 2.75) is 20.4 Å². The van der Waals surface area contributed by atoms with Gasteiger partial charge in [-0.25, -0.2) is 0 Å². The van der Waals surface area contributed by atoms with Crippen LogP contribution in [-0.4, -0.2) is 27.8 Å². The molecule has 0 aliphatic heterocycles. The Morgan fingerprint density at radius 1 is 1.04 bits per heavy atom. The quantitative estimate of drug-likeness (QED) is 0.654. The van der Waals surface area contributed by atoms with Gasteiger partial charge in [-0.05, 0) is 49.2 Å². The molecule has 0 radical (unpaired) electrons. The van der Waals surface area contributed by atoms with Gasteiger partial charge in [0, 0.05) is 24.7 Å². The van der Waals surface area contributed by atoms with Gasteiger partial charge in [0.25, 0.3) is 5.91 Å². The number of nitrogens with one attached hydrogen (secondary N) is 2. The van der Waals surface area contributed by atoms with Gasteiger partial charge in [0.15, 0.2) is 0 Å². The molecule has 27 heavy (non-hydrogen) atoms. The number of carbonyl (C=O) groups excluding carboxylic acids is 1. The Labute approximate surface area is 164 Å². The Morgan fingerprint density at radius 2 is 1.70 bits per heavy atom. The lowest BCUT2D eigenvalue weighted by Crippen LogP contribution is -2.31. The van der Waals surface area contributed by atoms with Gasteiger partial charge in [-0.15, -0.1) is 0 Å². The standard InChI is InChI=1S/C19H17Cl2N3O3/c1-9-6-15-16(23-18(26)17(25)22-15)12(10(9)2)8-24(3)19(27)11-4-5-13(20)14(21)7-11/h4-7H,8H2,1-3H3,(H,22,25)(H,23,26). The Bertz CT molecular complexity index is 1180. The summed E-state index contributed by atoms with van der Waals surface area (Å²) in [7, 11) is 1.66. The van der Waals surface area contributed by atoms with Gasteiger partial charge >= 0.3 is 11.1 Å². The number of rotatable bonds is 3. The second kappa shape index (κ2) is 7.21. The highest BCUT2D eigenvalue weighted by Gasteiger charge is 2.17. The van der Waals surface area contributed by atoms with Crippen molar-refractivity contribution in [2.75, 3.05) is 7.05 Å². The van der Waals surface area contributed by atoms with Crippen LogP contribution in [0.4, 0.5) is 0 Å². The molecule has 3 aromatic rings. The average molecular weight is 406 g/mol. The highest BCUT2D eigenvalue weighted by molar-refractivity contribution is 6.42. The van der Waals surface area contributed by atoms with E-state index in [4.69, 9.17) is 23.2 Å². The minimum absolute atomic E-state index is 0.241. The van der Waals surface area contributed by atoms with E-state index in [2.05, 4.69) is 9.97 Å². The summed E-state index contributed by atoms with van der Waals surface area (Å²) in [5.74, 6) is -0.241. The second-order valence-corrected chi connectivity index (χ2v) is 7.23. The number of aryl methyl sites for hydroxylation is 1. The zero-order valence-electron chi connectivity index (χ0n) is 14.9. The van der Waals surface area contributed by atoms with Crippen molar-refractivity contribution in [3.8, 4) is 0 Å². The summed E-state index contributed by atoms with van der Waals surface area (Å²) in [6.07, 6.45) is 0. The van der Waals surface area contributed by atoms with E-state index in [0.717, 1.165) is 16.7 Å². The molecule has 0 fully saturated rings. The molecule has 1 aromatic heterocycles. The van der Waals surface area contributed by atoms with E-state index < -0.39 is 11.1 Å². The molecule has 140 valence electrons. The SMILES string of the molecule is Cc1cc2[nH]c(=O)c(=O)[nH]c2c(CN(C)C(=O)c2ccc(Cl)c(Cl)c2)c1C. The summed E-state index contributed by atoms with van der Waals surface area (Å²) in [5, 5.41) is 0.674. The molecular formula is C19H17Cl2N3O3. The highest BCUT2D eigenvalue weighted by atomic mass is 35.5. The van der Waals surface area contributed by atoms with Crippen LogP contribution in [0.1, 0.15) is 27.0 Å². The molecule has 3 rings (SSSR count). The number of hydrogen-bond acceptors (Lipinski definition) is 3. The van der Waals surface area contributed by atoms with Crippen molar-refractivity contribution in [3.63, 3.8) is 0 Å². The maximum atomic E-state index is 12.8. The number of benzene rings is 2. The van der Waals surface area contributed by atoms with E-state index in [9.17, 15) is 14.4 Å². The average Bonchev–Trinajstić information content (AvgIpc) is 2.62. The third kappa shape index (κ3) is 3.63. The summed E-state index contributed by atoms with van der Waals surface area (Å²) in [4.78, 5) is 42.9. The first-order chi connectivity index (χ1) is 12.7. The van der Waals surface area contributed by atoms with Gasteiger partial charge in [-0.2, -0.15) is 0 Å². The molecule has 0 spiro atoms. The Morgan fingerprint density at radius 3 is 2.37 bits per heavy atom. The van der Waals surface area contributed by atoms with E-state index in [0.29, 0.717) is 26.6 Å². The molecule has 1 amide bonds. The van der Waals surface area contributed by atoms with Crippen LogP contribution in [0.5, 0.6) is 0 Å². The lowest BCUT2D eigenvalue weighted by atomic mass is 10.0. The number of amides is 1. The number of aromatic amines is 2. The molecular weight excluding hydrogens is 389 g/mol. The maximum Gasteiger partial charge on any atom is 0.314 e. The van der Waals surface area contributed by atoms with Gasteiger partial charge in [-0.3, -0.25) is 14.4 Å². The van der Waals surface area contributed by atoms with Gasteiger partial charge in [-0.1, -0.05) is 23.2 Å². The van der Waals surface area contributed by atoms with Crippen molar-refractivity contribution in [3.05, 3.63) is 77.3 Å². The Kier molecular flexibility index (Phi) is 5.13. The van der Waals surface area contributed by atoms with Crippen molar-refractivity contribution >= 4 is 40.1 Å². The molecule has 0 aliphatic rings. The largest absolute Gasteiger partial charge is 0.337 e. The number of aromatic nitrogens is 2. The van der Waals surface area contributed by atoms with Crippen LogP contribution >= 0.6 is 23.2 Å². The predicted octanol–water partition coefficient (Wildman–Crippen LogP) is 3.41. The molecule has 1 heterocycles. The number of nitrogens with zero attached hydrogens (tertiary/aromatic N) is 1. The number of fused-ring (bicyclic) bond motifs is 1. The normalized spacial score (nSPS) is 11.0. The van der Waals surface area contributed by atoms with Crippen LogP contribution in [0.15, 0.2) is 33.9 Å². The molecule has 0 saturated heterocycles. The third-order valence-corrected chi connectivity index (χ3v) is 5.32. The van der Waals surface area contributed by atoms with Gasteiger partial charge in [0.1, 0.15) is 0 Å². The summed E-state index contributed by atoms with van der Waals surface area (Å²) in [6, 6.07) is 6.49. The molecule has 2 aromatic carbocycles. The smallest absolute Gasteiger partial charge is 0.314 e. The van der Waals surface area contributed by atoms with E-state index in [1.54, 1.807) is 25.2 Å². The summed E-state index contributed by atoms with van der Waals surface area (Å²) < 4.78 is 0. The van der Waals surface area contributed by atoms with Crippen molar-refractivity contribution < 1.29 is 4.79 Å². The number of carbonyl (C=O) groups is 1. The topological polar surface area (TPSA) is 86.0 Å². The second-order valence-electron chi connectivity index (χ2n) is 6.42. The van der Waals surface area contributed by atoms with Crippen LogP contribution in [0, 0.1) is 13.8 Å². The zero-order valence-corrected chi connectivity index (χ0v) is 16.5. The number of hydrogen-bond donors (Lipinski definition) is 2. The third-order valence-electron chi connectivity index (χ3n) is 4.58. The highest BCUT2D eigenvalue weighted by Crippen LogP contribution is 2.25. The van der Waals surface area contributed by atoms with Crippen LogP contribution in [-0.2, 0) is 6.54 Å².